The van der Waals surface area contributed by atoms with Gasteiger partial charge in [-0.25, -0.2) is 0 Å². The minimum absolute atomic E-state index is 0.184. The number of hydrogen-bond acceptors (Lipinski definition) is 5. The number of allylic oxidation sites excluding steroid dienone is 1. The summed E-state index contributed by atoms with van der Waals surface area (Å²) in [5.41, 5.74) is 1.64. The van der Waals surface area contributed by atoms with E-state index in [1.807, 2.05) is 0 Å². The molecule has 0 aromatic heterocycles. The first kappa shape index (κ1) is 29.5. The van der Waals surface area contributed by atoms with E-state index in [4.69, 9.17) is 9.47 Å². The van der Waals surface area contributed by atoms with E-state index in [0.29, 0.717) is 17.9 Å². The van der Waals surface area contributed by atoms with Crippen LogP contribution in [0.1, 0.15) is 96.5 Å². The second-order valence-electron chi connectivity index (χ2n) is 15.3. The van der Waals surface area contributed by atoms with Gasteiger partial charge in [0.15, 0.2) is 0 Å². The fraction of sp³-hybridized carbons (Fsp3) is 0.784. The molecule has 2 saturated heterocycles. The molecule has 1 N–H and O–H groups in total. The molecule has 2 heterocycles. The van der Waals surface area contributed by atoms with Gasteiger partial charge in [0.1, 0.15) is 5.60 Å². The maximum Gasteiger partial charge on any atom is 0.101 e. The maximum atomic E-state index is 13.0. The molecular weight excluding hydrogens is 520 g/mol. The van der Waals surface area contributed by atoms with E-state index in [0.717, 1.165) is 64.8 Å². The standard InChI is InChI=1S/C37H56N2O3/c1-34-16-14-31(41-26-24-38-20-6-7-21-38)28-30(34)12-13-33-32(34)15-17-35(2)36(33,40)18-19-37(35,29-10-4-3-5-11-29)42-27-25-39-22-8-9-23-39/h3-5,10-12,31-33,40H,6-9,13-28H2,1-2H3/t31-,32-,33+,34-,35-,36-,37+/m0/s1. The minimum Gasteiger partial charge on any atom is -0.389 e. The van der Waals surface area contributed by atoms with Gasteiger partial charge in [0, 0.05) is 18.5 Å². The van der Waals surface area contributed by atoms with Crippen LogP contribution in [0.15, 0.2) is 42.0 Å². The third-order valence-electron chi connectivity index (χ3n) is 13.5. The van der Waals surface area contributed by atoms with Gasteiger partial charge in [-0.2, -0.15) is 0 Å². The van der Waals surface area contributed by atoms with Crippen LogP contribution in [0.5, 0.6) is 0 Å². The van der Waals surface area contributed by atoms with Crippen molar-refractivity contribution in [2.45, 2.75) is 108 Å². The summed E-state index contributed by atoms with van der Waals surface area (Å²) in [6.07, 6.45) is 16.6. The summed E-state index contributed by atoms with van der Waals surface area (Å²) in [4.78, 5) is 5.12. The maximum absolute atomic E-state index is 13.0. The smallest absolute Gasteiger partial charge is 0.101 e. The molecule has 5 nitrogen and oxygen atoms in total. The van der Waals surface area contributed by atoms with Crippen molar-refractivity contribution in [1.82, 2.24) is 9.80 Å². The lowest BCUT2D eigenvalue weighted by molar-refractivity contribution is -0.233. The largest absolute Gasteiger partial charge is 0.389 e. The summed E-state index contributed by atoms with van der Waals surface area (Å²) in [6, 6.07) is 11.0. The molecular formula is C37H56N2O3. The van der Waals surface area contributed by atoms with Gasteiger partial charge in [-0.3, -0.25) is 0 Å². The van der Waals surface area contributed by atoms with Crippen LogP contribution in [0.4, 0.5) is 0 Å². The van der Waals surface area contributed by atoms with Gasteiger partial charge >= 0.3 is 0 Å². The zero-order chi connectivity index (χ0) is 28.8. The molecule has 1 aromatic carbocycles. The molecule has 2 aliphatic heterocycles. The molecule has 232 valence electrons. The fourth-order valence-corrected chi connectivity index (χ4v) is 10.9. The predicted molar refractivity (Wildman–Crippen MR) is 168 cm³/mol. The lowest BCUT2D eigenvalue weighted by atomic mass is 9.45. The Hall–Kier alpha value is -1.24. The molecule has 5 fully saturated rings. The molecule has 4 aliphatic carbocycles. The third-order valence-corrected chi connectivity index (χ3v) is 13.5. The molecule has 3 saturated carbocycles. The van der Waals surface area contributed by atoms with Gasteiger partial charge < -0.3 is 24.4 Å². The topological polar surface area (TPSA) is 45.2 Å². The van der Waals surface area contributed by atoms with E-state index in [2.05, 4.69) is 60.1 Å². The summed E-state index contributed by atoms with van der Waals surface area (Å²) in [7, 11) is 0. The first-order valence-electron chi connectivity index (χ1n) is 17.6. The Balaban J connectivity index is 1.10. The number of fused-ring (bicyclic) bond motifs is 5. The summed E-state index contributed by atoms with van der Waals surface area (Å²) in [6.45, 7) is 13.5. The molecule has 5 heteroatoms. The average molecular weight is 577 g/mol. The third kappa shape index (κ3) is 4.76. The normalized spacial score (nSPS) is 42.3. The van der Waals surface area contributed by atoms with E-state index < -0.39 is 11.2 Å². The number of hydrogen-bond donors (Lipinski definition) is 1. The fourth-order valence-electron chi connectivity index (χ4n) is 10.9. The molecule has 1 aromatic rings. The van der Waals surface area contributed by atoms with E-state index in [1.54, 1.807) is 5.57 Å². The summed E-state index contributed by atoms with van der Waals surface area (Å²) in [5, 5.41) is 13.0. The van der Waals surface area contributed by atoms with Crippen LogP contribution < -0.4 is 0 Å². The second kappa shape index (κ2) is 11.6. The second-order valence-corrected chi connectivity index (χ2v) is 15.3. The van der Waals surface area contributed by atoms with Crippen LogP contribution in [0.3, 0.4) is 0 Å². The number of nitrogens with zero attached hydrogens (tertiary/aromatic N) is 2. The average Bonchev–Trinajstić information content (AvgIpc) is 3.76. The number of benzene rings is 1. The van der Waals surface area contributed by atoms with Gasteiger partial charge in [-0.15, -0.1) is 0 Å². The Morgan fingerprint density at radius 1 is 0.810 bits per heavy atom. The van der Waals surface area contributed by atoms with E-state index in [-0.39, 0.29) is 10.8 Å². The van der Waals surface area contributed by atoms with Crippen molar-refractivity contribution in [3.8, 4) is 0 Å². The number of likely N-dealkylation sites (tertiary alicyclic amines) is 2. The van der Waals surface area contributed by atoms with Gasteiger partial charge in [-0.1, -0.05) is 55.8 Å². The summed E-state index contributed by atoms with van der Waals surface area (Å²) >= 11 is 0. The lowest BCUT2D eigenvalue weighted by Gasteiger charge is -2.63. The number of aliphatic hydroxyl groups is 1. The van der Waals surface area contributed by atoms with E-state index in [9.17, 15) is 5.11 Å². The van der Waals surface area contributed by atoms with Crippen molar-refractivity contribution in [2.24, 2.45) is 22.7 Å². The van der Waals surface area contributed by atoms with E-state index >= 15 is 0 Å². The quantitative estimate of drug-likeness (QED) is 0.338. The first-order valence-corrected chi connectivity index (χ1v) is 17.6. The lowest BCUT2D eigenvalue weighted by Crippen LogP contribution is -2.63. The highest BCUT2D eigenvalue weighted by molar-refractivity contribution is 5.35. The Kier molecular flexibility index (Phi) is 8.14. The number of rotatable bonds is 9. The van der Waals surface area contributed by atoms with Crippen LogP contribution in [-0.2, 0) is 15.1 Å². The van der Waals surface area contributed by atoms with Crippen LogP contribution >= 0.6 is 0 Å². The molecule has 6 aliphatic rings. The molecule has 7 atom stereocenters. The highest BCUT2D eigenvalue weighted by Crippen LogP contribution is 2.71. The van der Waals surface area contributed by atoms with Crippen molar-refractivity contribution in [3.63, 3.8) is 0 Å². The van der Waals surface area contributed by atoms with Crippen LogP contribution in [0, 0.1) is 22.7 Å². The molecule has 0 spiro atoms. The molecule has 7 rings (SSSR count). The summed E-state index contributed by atoms with van der Waals surface area (Å²) in [5.74, 6) is 0.836. The SMILES string of the molecule is C[C@]12CC[C@H]3[C@@H](CC=C4C[C@@H](OCCN5CCCC5)CC[C@@]43C)[C@@]1(O)CC[C@@]2(OCCN1CCCC1)c1ccccc1. The van der Waals surface area contributed by atoms with Crippen LogP contribution in [0.25, 0.3) is 0 Å². The van der Waals surface area contributed by atoms with Crippen LogP contribution in [0.2, 0.25) is 0 Å². The highest BCUT2D eigenvalue weighted by atomic mass is 16.5. The van der Waals surface area contributed by atoms with E-state index in [1.165, 1.54) is 70.3 Å². The molecule has 0 unspecified atom stereocenters. The molecule has 0 bridgehead atoms. The first-order chi connectivity index (χ1) is 20.4. The Morgan fingerprint density at radius 2 is 1.50 bits per heavy atom. The zero-order valence-corrected chi connectivity index (χ0v) is 26.5. The van der Waals surface area contributed by atoms with Crippen molar-refractivity contribution >= 4 is 0 Å². The zero-order valence-electron chi connectivity index (χ0n) is 26.5. The summed E-state index contributed by atoms with van der Waals surface area (Å²) < 4.78 is 13.6. The van der Waals surface area contributed by atoms with Gasteiger partial charge in [-0.05, 0) is 126 Å². The van der Waals surface area contributed by atoms with Crippen LogP contribution in [-0.4, -0.2) is 79.1 Å². The number of ether oxygens (including phenoxy) is 2. The molecule has 42 heavy (non-hydrogen) atoms. The Bertz CT molecular complexity index is 1110. The molecule has 0 radical (unpaired) electrons. The minimum atomic E-state index is -0.715. The highest BCUT2D eigenvalue weighted by Gasteiger charge is 2.72. The van der Waals surface area contributed by atoms with Crippen molar-refractivity contribution in [2.75, 3.05) is 52.5 Å². The Labute approximate surface area is 255 Å². The van der Waals surface area contributed by atoms with Crippen molar-refractivity contribution in [1.29, 1.82) is 0 Å². The Morgan fingerprint density at radius 3 is 2.21 bits per heavy atom. The monoisotopic (exact) mass is 576 g/mol. The van der Waals surface area contributed by atoms with Gasteiger partial charge in [0.05, 0.1) is 24.9 Å². The predicted octanol–water partition coefficient (Wildman–Crippen LogP) is 6.55. The van der Waals surface area contributed by atoms with Crippen molar-refractivity contribution in [3.05, 3.63) is 47.5 Å². The van der Waals surface area contributed by atoms with Gasteiger partial charge in [0.2, 0.25) is 0 Å². The molecule has 0 amide bonds. The van der Waals surface area contributed by atoms with Crippen molar-refractivity contribution < 1.29 is 14.6 Å². The van der Waals surface area contributed by atoms with Gasteiger partial charge in [0.25, 0.3) is 0 Å².